The van der Waals surface area contributed by atoms with Gasteiger partial charge in [-0.1, -0.05) is 36.9 Å². The van der Waals surface area contributed by atoms with Gasteiger partial charge >= 0.3 is 0 Å². The SMILES string of the molecule is CC1CCc2c(sc3nc(SCC(=O)N4C(C)CCCC4C)n(-c4ccccc4)c(=O)c23)C1. The van der Waals surface area contributed by atoms with E-state index < -0.39 is 0 Å². The number of carbonyl (C=O) groups excluding carboxylic acids is 1. The largest absolute Gasteiger partial charge is 0.337 e. The van der Waals surface area contributed by atoms with Crippen molar-refractivity contribution in [1.82, 2.24) is 14.5 Å². The van der Waals surface area contributed by atoms with Crippen LogP contribution in [0.3, 0.4) is 0 Å². The summed E-state index contributed by atoms with van der Waals surface area (Å²) in [6, 6.07) is 10.2. The highest BCUT2D eigenvalue weighted by molar-refractivity contribution is 7.99. The Kier molecular flexibility index (Phi) is 6.36. The number of carbonyl (C=O) groups is 1. The van der Waals surface area contributed by atoms with Gasteiger partial charge < -0.3 is 4.90 Å². The zero-order chi connectivity index (χ0) is 23.1. The van der Waals surface area contributed by atoms with E-state index in [0.29, 0.717) is 16.8 Å². The van der Waals surface area contributed by atoms with Crippen molar-refractivity contribution < 1.29 is 4.79 Å². The molecule has 5 nitrogen and oxygen atoms in total. The highest BCUT2D eigenvalue weighted by atomic mass is 32.2. The number of aryl methyl sites for hydroxylation is 1. The topological polar surface area (TPSA) is 55.2 Å². The third kappa shape index (κ3) is 4.26. The summed E-state index contributed by atoms with van der Waals surface area (Å²) in [5, 5.41) is 1.38. The zero-order valence-corrected chi connectivity index (χ0v) is 21.2. The number of benzene rings is 1. The summed E-state index contributed by atoms with van der Waals surface area (Å²) in [5.41, 5.74) is 1.99. The maximum absolute atomic E-state index is 13.8. The highest BCUT2D eigenvalue weighted by Gasteiger charge is 2.30. The molecule has 1 aromatic carbocycles. The quantitative estimate of drug-likeness (QED) is 0.367. The van der Waals surface area contributed by atoms with Gasteiger partial charge in [-0.3, -0.25) is 14.2 Å². The Morgan fingerprint density at radius 1 is 1.12 bits per heavy atom. The van der Waals surface area contributed by atoms with Gasteiger partial charge in [0.05, 0.1) is 16.8 Å². The Hall–Kier alpha value is -2.12. The lowest BCUT2D eigenvalue weighted by atomic mass is 9.89. The number of piperidine rings is 1. The van der Waals surface area contributed by atoms with Crippen molar-refractivity contribution in [3.63, 3.8) is 0 Å². The minimum Gasteiger partial charge on any atom is -0.337 e. The lowest BCUT2D eigenvalue weighted by Gasteiger charge is -2.39. The van der Waals surface area contributed by atoms with Crippen LogP contribution in [0.15, 0.2) is 40.3 Å². The number of para-hydroxylation sites is 1. The van der Waals surface area contributed by atoms with Crippen LogP contribution in [-0.2, 0) is 17.6 Å². The first-order valence-electron chi connectivity index (χ1n) is 12.0. The van der Waals surface area contributed by atoms with Crippen LogP contribution in [0.1, 0.15) is 56.9 Å². The first-order chi connectivity index (χ1) is 15.9. The fourth-order valence-corrected chi connectivity index (χ4v) is 7.69. The van der Waals surface area contributed by atoms with Crippen LogP contribution >= 0.6 is 23.1 Å². The molecule has 1 aliphatic carbocycles. The van der Waals surface area contributed by atoms with Crippen LogP contribution in [0.4, 0.5) is 0 Å². The predicted octanol–water partition coefficient (Wildman–Crippen LogP) is 5.45. The number of hydrogen-bond donors (Lipinski definition) is 0. The molecule has 3 aromatic rings. The van der Waals surface area contributed by atoms with E-state index in [0.717, 1.165) is 48.0 Å². The summed E-state index contributed by atoms with van der Waals surface area (Å²) < 4.78 is 1.72. The van der Waals surface area contributed by atoms with Crippen molar-refractivity contribution >= 4 is 39.2 Å². The van der Waals surface area contributed by atoms with Gasteiger partial charge in [0.15, 0.2) is 5.16 Å². The van der Waals surface area contributed by atoms with E-state index in [1.165, 1.54) is 28.6 Å². The van der Waals surface area contributed by atoms with Gasteiger partial charge in [0.25, 0.3) is 5.56 Å². The summed E-state index contributed by atoms with van der Waals surface area (Å²) >= 11 is 3.06. The van der Waals surface area contributed by atoms with E-state index in [9.17, 15) is 9.59 Å². The van der Waals surface area contributed by atoms with E-state index >= 15 is 0 Å². The van der Waals surface area contributed by atoms with E-state index in [1.54, 1.807) is 15.9 Å². The van der Waals surface area contributed by atoms with Gasteiger partial charge in [-0.15, -0.1) is 11.3 Å². The Bertz CT molecular complexity index is 1220. The van der Waals surface area contributed by atoms with Gasteiger partial charge in [-0.25, -0.2) is 4.98 Å². The first-order valence-corrected chi connectivity index (χ1v) is 13.8. The molecule has 1 aliphatic heterocycles. The average Bonchev–Trinajstić information content (AvgIpc) is 3.15. The minimum absolute atomic E-state index is 0.00656. The molecule has 174 valence electrons. The molecule has 3 unspecified atom stereocenters. The molecular formula is C26H31N3O2S2. The normalized spacial score (nSPS) is 23.0. The molecule has 0 radical (unpaired) electrons. The second-order valence-electron chi connectivity index (χ2n) is 9.62. The molecule has 3 atom stereocenters. The number of thiophene rings is 1. The maximum Gasteiger partial charge on any atom is 0.267 e. The summed E-state index contributed by atoms with van der Waals surface area (Å²) in [5.74, 6) is 1.07. The Labute approximate surface area is 203 Å². The van der Waals surface area contributed by atoms with Gasteiger partial charge in [-0.2, -0.15) is 0 Å². The van der Waals surface area contributed by atoms with Crippen LogP contribution < -0.4 is 5.56 Å². The Morgan fingerprint density at radius 3 is 2.58 bits per heavy atom. The molecular weight excluding hydrogens is 450 g/mol. The highest BCUT2D eigenvalue weighted by Crippen LogP contribution is 2.37. The smallest absolute Gasteiger partial charge is 0.267 e. The lowest BCUT2D eigenvalue weighted by Crippen LogP contribution is -2.48. The van der Waals surface area contributed by atoms with Crippen LogP contribution in [0, 0.1) is 5.92 Å². The molecule has 1 saturated heterocycles. The first kappa shape index (κ1) is 22.7. The van der Waals surface area contributed by atoms with Crippen molar-refractivity contribution in [2.24, 2.45) is 5.92 Å². The van der Waals surface area contributed by atoms with Crippen LogP contribution in [0.5, 0.6) is 0 Å². The molecule has 2 aromatic heterocycles. The average molecular weight is 482 g/mol. The van der Waals surface area contributed by atoms with Crippen molar-refractivity contribution in [3.8, 4) is 5.69 Å². The number of fused-ring (bicyclic) bond motifs is 3. The second kappa shape index (κ2) is 9.26. The molecule has 3 heterocycles. The molecule has 1 fully saturated rings. The Balaban J connectivity index is 1.55. The maximum atomic E-state index is 13.8. The number of likely N-dealkylation sites (tertiary alicyclic amines) is 1. The number of amides is 1. The lowest BCUT2D eigenvalue weighted by molar-refractivity contribution is -0.134. The monoisotopic (exact) mass is 481 g/mol. The third-order valence-electron chi connectivity index (χ3n) is 7.12. The fraction of sp³-hybridized carbons (Fsp3) is 0.500. The van der Waals surface area contributed by atoms with Crippen molar-refractivity contribution in [2.75, 3.05) is 5.75 Å². The van der Waals surface area contributed by atoms with Gasteiger partial charge in [0.2, 0.25) is 5.91 Å². The molecule has 1 amide bonds. The van der Waals surface area contributed by atoms with E-state index in [2.05, 4.69) is 20.8 Å². The summed E-state index contributed by atoms with van der Waals surface area (Å²) in [6.07, 6.45) is 6.36. The van der Waals surface area contributed by atoms with E-state index in [4.69, 9.17) is 4.98 Å². The van der Waals surface area contributed by atoms with Crippen LogP contribution in [-0.4, -0.2) is 38.2 Å². The van der Waals surface area contributed by atoms with Gasteiger partial charge in [0, 0.05) is 17.0 Å². The molecule has 0 saturated carbocycles. The number of rotatable bonds is 4. The zero-order valence-electron chi connectivity index (χ0n) is 19.5. The number of hydrogen-bond acceptors (Lipinski definition) is 5. The van der Waals surface area contributed by atoms with Crippen molar-refractivity contribution in [1.29, 1.82) is 0 Å². The van der Waals surface area contributed by atoms with Gasteiger partial charge in [0.1, 0.15) is 4.83 Å². The standard InChI is InChI=1S/C26H31N3O2S2/c1-16-12-13-20-21(14-16)33-24-23(20)25(31)29(19-10-5-4-6-11-19)26(27-24)32-15-22(30)28-17(2)8-7-9-18(28)3/h4-6,10-11,16-18H,7-9,12-15H2,1-3H3. The Morgan fingerprint density at radius 2 is 1.85 bits per heavy atom. The van der Waals surface area contributed by atoms with E-state index in [1.807, 2.05) is 35.2 Å². The number of thioether (sulfide) groups is 1. The molecule has 0 spiro atoms. The molecule has 0 N–H and O–H groups in total. The van der Waals surface area contributed by atoms with Crippen LogP contribution in [0.2, 0.25) is 0 Å². The summed E-state index contributed by atoms with van der Waals surface area (Å²) in [6.45, 7) is 6.55. The summed E-state index contributed by atoms with van der Waals surface area (Å²) in [4.78, 5) is 36.1. The van der Waals surface area contributed by atoms with Crippen molar-refractivity contribution in [2.45, 2.75) is 76.5 Å². The molecule has 33 heavy (non-hydrogen) atoms. The molecule has 7 heteroatoms. The van der Waals surface area contributed by atoms with E-state index in [-0.39, 0.29) is 23.6 Å². The van der Waals surface area contributed by atoms with Crippen molar-refractivity contribution in [3.05, 3.63) is 51.1 Å². The third-order valence-corrected chi connectivity index (χ3v) is 9.19. The van der Waals surface area contributed by atoms with Crippen LogP contribution in [0.25, 0.3) is 15.9 Å². The number of nitrogens with zero attached hydrogens (tertiary/aromatic N) is 3. The second-order valence-corrected chi connectivity index (χ2v) is 11.6. The molecule has 5 rings (SSSR count). The van der Waals surface area contributed by atoms with Gasteiger partial charge in [-0.05, 0) is 76.0 Å². The summed E-state index contributed by atoms with van der Waals surface area (Å²) in [7, 11) is 0. The minimum atomic E-state index is -0.00656. The molecule has 0 bridgehead atoms. The fourth-order valence-electron chi connectivity index (χ4n) is 5.39. The molecule has 2 aliphatic rings. The number of aromatic nitrogens is 2. The predicted molar refractivity (Wildman–Crippen MR) is 137 cm³/mol.